The van der Waals surface area contributed by atoms with Crippen LogP contribution < -0.4 is 5.73 Å². The van der Waals surface area contributed by atoms with Crippen LogP contribution in [0.2, 0.25) is 5.02 Å². The summed E-state index contributed by atoms with van der Waals surface area (Å²) in [6.07, 6.45) is 2.11. The summed E-state index contributed by atoms with van der Waals surface area (Å²) in [6, 6.07) is 7.01. The molecule has 1 fully saturated rings. The van der Waals surface area contributed by atoms with Crippen LogP contribution in [0.3, 0.4) is 0 Å². The van der Waals surface area contributed by atoms with Gasteiger partial charge in [0.2, 0.25) is 5.88 Å². The van der Waals surface area contributed by atoms with E-state index in [1.54, 1.807) is 24.3 Å². The van der Waals surface area contributed by atoms with Crippen molar-refractivity contribution in [3.8, 4) is 11.1 Å². The molecule has 1 atom stereocenters. The summed E-state index contributed by atoms with van der Waals surface area (Å²) in [5, 5.41) is 3.88. The molecule has 0 spiro atoms. The SMILES string of the molecule is Nc1onc(C2CCCCS2(=O)=O)c1-c1ccc(Cl)cc1. The molecule has 1 aromatic carbocycles. The topological polar surface area (TPSA) is 86.2 Å². The average molecular weight is 327 g/mol. The maximum absolute atomic E-state index is 12.3. The molecule has 2 N–H and O–H groups in total. The van der Waals surface area contributed by atoms with Crippen LogP contribution in [-0.4, -0.2) is 19.3 Å². The van der Waals surface area contributed by atoms with Gasteiger partial charge in [0.25, 0.3) is 0 Å². The van der Waals surface area contributed by atoms with Gasteiger partial charge in [0.15, 0.2) is 9.84 Å². The fourth-order valence-corrected chi connectivity index (χ4v) is 4.75. The molecular weight excluding hydrogens is 312 g/mol. The van der Waals surface area contributed by atoms with Crippen LogP contribution in [0, 0.1) is 0 Å². The molecule has 1 aliphatic heterocycles. The predicted octanol–water partition coefficient (Wildman–Crippen LogP) is 3.22. The standard InChI is InChI=1S/C14H15ClN2O3S/c15-10-6-4-9(5-7-10)12-13(17-20-14(12)16)11-3-1-2-8-21(11,18)19/h4-7,11H,1-3,8,16H2. The lowest BCUT2D eigenvalue weighted by Crippen LogP contribution is -2.22. The Morgan fingerprint density at radius 2 is 1.95 bits per heavy atom. The van der Waals surface area contributed by atoms with E-state index in [4.69, 9.17) is 21.9 Å². The quantitative estimate of drug-likeness (QED) is 0.915. The number of aromatic nitrogens is 1. The van der Waals surface area contributed by atoms with Gasteiger partial charge in [0.05, 0.1) is 11.3 Å². The third-order valence-corrected chi connectivity index (χ3v) is 6.20. The minimum absolute atomic E-state index is 0.132. The summed E-state index contributed by atoms with van der Waals surface area (Å²) < 4.78 is 29.6. The first-order chi connectivity index (χ1) is 9.99. The summed E-state index contributed by atoms with van der Waals surface area (Å²) in [6.45, 7) is 0. The lowest BCUT2D eigenvalue weighted by atomic mass is 10.0. The molecule has 1 unspecified atom stereocenters. The van der Waals surface area contributed by atoms with Gasteiger partial charge in [-0.1, -0.05) is 35.3 Å². The maximum Gasteiger partial charge on any atom is 0.230 e. The monoisotopic (exact) mass is 326 g/mol. The molecule has 1 aromatic heterocycles. The Morgan fingerprint density at radius 1 is 1.24 bits per heavy atom. The van der Waals surface area contributed by atoms with Crippen LogP contribution in [0.15, 0.2) is 28.8 Å². The predicted molar refractivity (Wildman–Crippen MR) is 81.7 cm³/mol. The van der Waals surface area contributed by atoms with E-state index in [-0.39, 0.29) is 11.6 Å². The van der Waals surface area contributed by atoms with Gasteiger partial charge in [-0.2, -0.15) is 0 Å². The van der Waals surface area contributed by atoms with E-state index in [1.165, 1.54) is 0 Å². The summed E-state index contributed by atoms with van der Waals surface area (Å²) in [5.74, 6) is 0.318. The summed E-state index contributed by atoms with van der Waals surface area (Å²) in [7, 11) is -3.21. The van der Waals surface area contributed by atoms with Gasteiger partial charge in [-0.05, 0) is 30.5 Å². The van der Waals surface area contributed by atoms with Crippen LogP contribution in [0.25, 0.3) is 11.1 Å². The van der Waals surface area contributed by atoms with E-state index in [1.807, 2.05) is 0 Å². The van der Waals surface area contributed by atoms with Crippen LogP contribution in [-0.2, 0) is 9.84 Å². The minimum atomic E-state index is -3.21. The molecule has 0 aliphatic carbocycles. The first-order valence-corrected chi connectivity index (χ1v) is 8.81. The maximum atomic E-state index is 12.3. The molecule has 1 saturated heterocycles. The van der Waals surface area contributed by atoms with Gasteiger partial charge in [0.1, 0.15) is 10.9 Å². The van der Waals surface area contributed by atoms with E-state index >= 15 is 0 Å². The van der Waals surface area contributed by atoms with Gasteiger partial charge in [-0.15, -0.1) is 0 Å². The van der Waals surface area contributed by atoms with Gasteiger partial charge < -0.3 is 10.3 Å². The van der Waals surface area contributed by atoms with Gasteiger partial charge >= 0.3 is 0 Å². The smallest absolute Gasteiger partial charge is 0.230 e. The van der Waals surface area contributed by atoms with Crippen molar-refractivity contribution in [1.82, 2.24) is 5.16 Å². The van der Waals surface area contributed by atoms with E-state index in [0.717, 1.165) is 12.0 Å². The molecule has 21 heavy (non-hydrogen) atoms. The molecule has 0 amide bonds. The largest absolute Gasteiger partial charge is 0.367 e. The molecule has 2 aromatic rings. The Kier molecular flexibility index (Phi) is 3.67. The summed E-state index contributed by atoms with van der Waals surface area (Å²) in [4.78, 5) is 0. The first kappa shape index (κ1) is 14.4. The number of nitrogens with zero attached hydrogens (tertiary/aromatic N) is 1. The van der Waals surface area contributed by atoms with Gasteiger partial charge in [-0.3, -0.25) is 0 Å². The van der Waals surface area contributed by atoms with Crippen molar-refractivity contribution >= 4 is 27.3 Å². The van der Waals surface area contributed by atoms with Crippen molar-refractivity contribution in [3.05, 3.63) is 35.0 Å². The highest BCUT2D eigenvalue weighted by atomic mass is 35.5. The Labute approximate surface area is 128 Å². The normalized spacial score (nSPS) is 21.3. The number of halogens is 1. The lowest BCUT2D eigenvalue weighted by Gasteiger charge is -2.21. The van der Waals surface area contributed by atoms with Crippen molar-refractivity contribution in [2.24, 2.45) is 0 Å². The molecule has 0 radical (unpaired) electrons. The van der Waals surface area contributed by atoms with E-state index in [9.17, 15) is 8.42 Å². The number of rotatable bonds is 2. The summed E-state index contributed by atoms with van der Waals surface area (Å²) in [5.41, 5.74) is 7.58. The van der Waals surface area contributed by atoms with Gasteiger partial charge in [-0.25, -0.2) is 8.42 Å². The fraction of sp³-hybridized carbons (Fsp3) is 0.357. The molecule has 5 nitrogen and oxygen atoms in total. The second-order valence-electron chi connectivity index (χ2n) is 5.17. The van der Waals surface area contributed by atoms with Crippen molar-refractivity contribution < 1.29 is 12.9 Å². The zero-order valence-corrected chi connectivity index (χ0v) is 12.8. The van der Waals surface area contributed by atoms with E-state index in [0.29, 0.717) is 29.1 Å². The number of nitrogen functional groups attached to an aromatic ring is 1. The highest BCUT2D eigenvalue weighted by molar-refractivity contribution is 7.91. The van der Waals surface area contributed by atoms with Crippen LogP contribution in [0.5, 0.6) is 0 Å². The zero-order valence-electron chi connectivity index (χ0n) is 11.3. The number of hydrogen-bond donors (Lipinski definition) is 1. The highest BCUT2D eigenvalue weighted by Crippen LogP contribution is 2.40. The molecule has 0 saturated carbocycles. The van der Waals surface area contributed by atoms with Crippen LogP contribution >= 0.6 is 11.6 Å². The molecular formula is C14H15ClN2O3S. The molecule has 3 rings (SSSR count). The summed E-state index contributed by atoms with van der Waals surface area (Å²) >= 11 is 5.88. The van der Waals surface area contributed by atoms with Crippen LogP contribution in [0.1, 0.15) is 30.2 Å². The number of hydrogen-bond acceptors (Lipinski definition) is 5. The van der Waals surface area contributed by atoms with Crippen molar-refractivity contribution in [2.45, 2.75) is 24.5 Å². The Morgan fingerprint density at radius 3 is 2.62 bits per heavy atom. The molecule has 112 valence electrons. The molecule has 7 heteroatoms. The molecule has 2 heterocycles. The van der Waals surface area contributed by atoms with Crippen molar-refractivity contribution in [1.29, 1.82) is 0 Å². The first-order valence-electron chi connectivity index (χ1n) is 6.71. The Hall–Kier alpha value is -1.53. The number of anilines is 1. The van der Waals surface area contributed by atoms with E-state index < -0.39 is 15.1 Å². The van der Waals surface area contributed by atoms with Crippen molar-refractivity contribution in [3.63, 3.8) is 0 Å². The lowest BCUT2D eigenvalue weighted by molar-refractivity contribution is 0.421. The number of benzene rings is 1. The zero-order chi connectivity index (χ0) is 15.0. The Bertz CT molecular complexity index is 753. The van der Waals surface area contributed by atoms with Crippen molar-refractivity contribution in [2.75, 3.05) is 11.5 Å². The minimum Gasteiger partial charge on any atom is -0.367 e. The molecule has 1 aliphatic rings. The Balaban J connectivity index is 2.11. The second kappa shape index (κ2) is 5.35. The molecule has 0 bridgehead atoms. The number of sulfone groups is 1. The third-order valence-electron chi connectivity index (χ3n) is 3.76. The average Bonchev–Trinajstić information content (AvgIpc) is 2.81. The third kappa shape index (κ3) is 2.65. The van der Waals surface area contributed by atoms with Gasteiger partial charge in [0, 0.05) is 5.02 Å². The van der Waals surface area contributed by atoms with E-state index in [2.05, 4.69) is 5.16 Å². The van der Waals surface area contributed by atoms with Crippen LogP contribution in [0.4, 0.5) is 5.88 Å². The second-order valence-corrected chi connectivity index (χ2v) is 7.90. The highest BCUT2D eigenvalue weighted by Gasteiger charge is 2.35. The number of nitrogens with two attached hydrogens (primary N) is 1. The fourth-order valence-electron chi connectivity index (χ4n) is 2.70.